The molecule has 0 amide bonds. The van der Waals surface area contributed by atoms with Crippen molar-refractivity contribution in [3.63, 3.8) is 0 Å². The van der Waals surface area contributed by atoms with Crippen molar-refractivity contribution in [3.05, 3.63) is 23.8 Å². The second kappa shape index (κ2) is 8.39. The molecule has 1 N–H and O–H groups in total. The summed E-state index contributed by atoms with van der Waals surface area (Å²) >= 11 is 0. The zero-order valence-corrected chi connectivity index (χ0v) is 11.9. The Kier molecular flexibility index (Phi) is 6.76. The van der Waals surface area contributed by atoms with E-state index in [1.165, 1.54) is 0 Å². The smallest absolute Gasteiger partial charge is 0.184 e. The fraction of sp³-hybridized carbons (Fsp3) is 0.533. The van der Waals surface area contributed by atoms with Crippen LogP contribution in [0.3, 0.4) is 0 Å². The number of hydrogen-bond donors (Lipinski definition) is 1. The fourth-order valence-electron chi connectivity index (χ4n) is 1.71. The Bertz CT molecular complexity index is 427. The molecule has 104 valence electrons. The lowest BCUT2D eigenvalue weighted by atomic mass is 10.1. The van der Waals surface area contributed by atoms with Crippen LogP contribution >= 0.6 is 0 Å². The van der Waals surface area contributed by atoms with Crippen molar-refractivity contribution in [3.8, 4) is 17.6 Å². The highest BCUT2D eigenvalue weighted by molar-refractivity contribution is 5.47. The standard InChI is InChI=1S/C15H22N2O2/c1-4-13(10-16)19-15-12(11-17-5-2)8-7-9-14(15)18-6-3/h7-9,13,17H,4-6,11H2,1-3H3. The molecular formula is C15H22N2O2. The highest BCUT2D eigenvalue weighted by atomic mass is 16.5. The Morgan fingerprint density at radius 1 is 1.32 bits per heavy atom. The van der Waals surface area contributed by atoms with Crippen LogP contribution in [0.4, 0.5) is 0 Å². The highest BCUT2D eigenvalue weighted by Gasteiger charge is 2.15. The number of ether oxygens (including phenoxy) is 2. The minimum atomic E-state index is -0.443. The summed E-state index contributed by atoms with van der Waals surface area (Å²) in [4.78, 5) is 0. The molecule has 0 fully saturated rings. The van der Waals surface area contributed by atoms with E-state index in [0.29, 0.717) is 31.1 Å². The van der Waals surface area contributed by atoms with Crippen LogP contribution in [0.1, 0.15) is 32.8 Å². The van der Waals surface area contributed by atoms with Crippen LogP contribution in [0.5, 0.6) is 11.5 Å². The van der Waals surface area contributed by atoms with E-state index < -0.39 is 6.10 Å². The van der Waals surface area contributed by atoms with Crippen LogP contribution in [0.15, 0.2) is 18.2 Å². The summed E-state index contributed by atoms with van der Waals surface area (Å²) in [6.45, 7) is 8.08. The van der Waals surface area contributed by atoms with Crippen LogP contribution < -0.4 is 14.8 Å². The SMILES string of the molecule is CCNCc1cccc(OCC)c1OC(C#N)CC. The fourth-order valence-corrected chi connectivity index (χ4v) is 1.71. The van der Waals surface area contributed by atoms with Gasteiger partial charge in [-0.25, -0.2) is 0 Å². The molecule has 1 rings (SSSR count). The summed E-state index contributed by atoms with van der Waals surface area (Å²) < 4.78 is 11.4. The molecular weight excluding hydrogens is 240 g/mol. The van der Waals surface area contributed by atoms with Crippen molar-refractivity contribution in [2.24, 2.45) is 0 Å². The number of nitrogens with zero attached hydrogens (tertiary/aromatic N) is 1. The predicted octanol–water partition coefficient (Wildman–Crippen LogP) is 2.88. The topological polar surface area (TPSA) is 54.3 Å². The monoisotopic (exact) mass is 262 g/mol. The average Bonchev–Trinajstić information content (AvgIpc) is 2.44. The molecule has 1 aromatic carbocycles. The molecule has 0 aromatic heterocycles. The van der Waals surface area contributed by atoms with Gasteiger partial charge in [0.2, 0.25) is 0 Å². The van der Waals surface area contributed by atoms with E-state index in [9.17, 15) is 0 Å². The second-order valence-electron chi connectivity index (χ2n) is 4.10. The lowest BCUT2D eigenvalue weighted by Gasteiger charge is -2.18. The zero-order valence-electron chi connectivity index (χ0n) is 11.9. The highest BCUT2D eigenvalue weighted by Crippen LogP contribution is 2.32. The maximum atomic E-state index is 9.04. The predicted molar refractivity (Wildman–Crippen MR) is 75.3 cm³/mol. The lowest BCUT2D eigenvalue weighted by Crippen LogP contribution is -2.17. The first-order valence-corrected chi connectivity index (χ1v) is 6.78. The van der Waals surface area contributed by atoms with Gasteiger partial charge in [0.15, 0.2) is 17.6 Å². The molecule has 0 bridgehead atoms. The van der Waals surface area contributed by atoms with Crippen molar-refractivity contribution in [1.29, 1.82) is 5.26 Å². The summed E-state index contributed by atoms with van der Waals surface area (Å²) in [6, 6.07) is 7.96. The third-order valence-electron chi connectivity index (χ3n) is 2.70. The minimum absolute atomic E-state index is 0.443. The molecule has 0 radical (unpaired) electrons. The Morgan fingerprint density at radius 2 is 2.11 bits per heavy atom. The molecule has 19 heavy (non-hydrogen) atoms. The van der Waals surface area contributed by atoms with Gasteiger partial charge in [0.05, 0.1) is 6.61 Å². The molecule has 1 aromatic rings. The number of nitriles is 1. The van der Waals surface area contributed by atoms with Crippen molar-refractivity contribution in [1.82, 2.24) is 5.32 Å². The molecule has 0 saturated heterocycles. The normalized spacial score (nSPS) is 11.7. The molecule has 0 aliphatic heterocycles. The molecule has 0 aliphatic rings. The summed E-state index contributed by atoms with van der Waals surface area (Å²) in [5.74, 6) is 1.38. The zero-order chi connectivity index (χ0) is 14.1. The number of benzene rings is 1. The number of para-hydroxylation sites is 1. The van der Waals surface area contributed by atoms with Crippen LogP contribution in [0, 0.1) is 11.3 Å². The van der Waals surface area contributed by atoms with E-state index in [1.807, 2.05) is 32.0 Å². The molecule has 0 saturated carbocycles. The van der Waals surface area contributed by atoms with Gasteiger partial charge >= 0.3 is 0 Å². The molecule has 0 aliphatic carbocycles. The molecule has 4 heteroatoms. The Labute approximate surface area is 115 Å². The van der Waals surface area contributed by atoms with Crippen LogP contribution in [-0.4, -0.2) is 19.3 Å². The van der Waals surface area contributed by atoms with Crippen molar-refractivity contribution in [2.75, 3.05) is 13.2 Å². The summed E-state index contributed by atoms with van der Waals surface area (Å²) in [7, 11) is 0. The van der Waals surface area contributed by atoms with Gasteiger partial charge in [0.25, 0.3) is 0 Å². The van der Waals surface area contributed by atoms with Gasteiger partial charge in [0, 0.05) is 12.1 Å². The average molecular weight is 262 g/mol. The van der Waals surface area contributed by atoms with Crippen molar-refractivity contribution in [2.45, 2.75) is 39.8 Å². The van der Waals surface area contributed by atoms with Gasteiger partial charge in [-0.05, 0) is 26.0 Å². The third kappa shape index (κ3) is 4.46. The largest absolute Gasteiger partial charge is 0.490 e. The quantitative estimate of drug-likeness (QED) is 0.782. The number of hydrogen-bond acceptors (Lipinski definition) is 4. The second-order valence-corrected chi connectivity index (χ2v) is 4.10. The van der Waals surface area contributed by atoms with Gasteiger partial charge in [-0.2, -0.15) is 5.26 Å². The van der Waals surface area contributed by atoms with Gasteiger partial charge < -0.3 is 14.8 Å². The first-order valence-electron chi connectivity index (χ1n) is 6.78. The van der Waals surface area contributed by atoms with E-state index in [-0.39, 0.29) is 0 Å². The number of nitrogens with one attached hydrogen (secondary N) is 1. The Hall–Kier alpha value is -1.73. The minimum Gasteiger partial charge on any atom is -0.490 e. The van der Waals surface area contributed by atoms with Gasteiger partial charge in [-0.15, -0.1) is 0 Å². The van der Waals surface area contributed by atoms with Gasteiger partial charge in [-0.3, -0.25) is 0 Å². The first-order chi connectivity index (χ1) is 9.26. The summed E-state index contributed by atoms with van der Waals surface area (Å²) in [5.41, 5.74) is 1.02. The number of rotatable bonds is 8. The van der Waals surface area contributed by atoms with Crippen LogP contribution in [0.2, 0.25) is 0 Å². The first kappa shape index (κ1) is 15.3. The molecule has 4 nitrogen and oxygen atoms in total. The van der Waals surface area contributed by atoms with E-state index in [4.69, 9.17) is 14.7 Å². The molecule has 0 heterocycles. The Morgan fingerprint density at radius 3 is 2.68 bits per heavy atom. The van der Waals surface area contributed by atoms with Crippen LogP contribution in [0.25, 0.3) is 0 Å². The maximum Gasteiger partial charge on any atom is 0.184 e. The van der Waals surface area contributed by atoms with E-state index in [1.54, 1.807) is 0 Å². The van der Waals surface area contributed by atoms with E-state index in [2.05, 4.69) is 18.3 Å². The van der Waals surface area contributed by atoms with Crippen molar-refractivity contribution < 1.29 is 9.47 Å². The summed E-state index contributed by atoms with van der Waals surface area (Å²) in [5, 5.41) is 12.3. The lowest BCUT2D eigenvalue weighted by molar-refractivity contribution is 0.229. The maximum absolute atomic E-state index is 9.04. The van der Waals surface area contributed by atoms with Gasteiger partial charge in [-0.1, -0.05) is 26.0 Å². The molecule has 1 unspecified atom stereocenters. The van der Waals surface area contributed by atoms with E-state index >= 15 is 0 Å². The van der Waals surface area contributed by atoms with E-state index in [0.717, 1.165) is 12.1 Å². The third-order valence-corrected chi connectivity index (χ3v) is 2.70. The Balaban J connectivity index is 3.02. The van der Waals surface area contributed by atoms with Crippen molar-refractivity contribution >= 4 is 0 Å². The summed E-state index contributed by atoms with van der Waals surface area (Å²) in [6.07, 6.45) is 0.208. The molecule has 0 spiro atoms. The molecule has 1 atom stereocenters. The van der Waals surface area contributed by atoms with Crippen LogP contribution in [-0.2, 0) is 6.54 Å². The van der Waals surface area contributed by atoms with Gasteiger partial charge in [0.1, 0.15) is 6.07 Å².